The average Bonchev–Trinajstić information content (AvgIpc) is 2.46. The molecule has 0 aromatic heterocycles. The number of ether oxygens (including phenoxy) is 2. The van der Waals surface area contributed by atoms with Crippen LogP contribution in [0.3, 0.4) is 0 Å². The predicted molar refractivity (Wildman–Crippen MR) is 82.0 cm³/mol. The largest absolute Gasteiger partial charge is 0.486 e. The summed E-state index contributed by atoms with van der Waals surface area (Å²) in [6, 6.07) is 3.26. The average molecular weight is 313 g/mol. The van der Waals surface area contributed by atoms with Gasteiger partial charge in [-0.25, -0.2) is 0 Å². The highest BCUT2D eigenvalue weighted by molar-refractivity contribution is 6.32. The highest BCUT2D eigenvalue weighted by Crippen LogP contribution is 2.38. The first-order chi connectivity index (χ1) is 9.99. The summed E-state index contributed by atoms with van der Waals surface area (Å²) in [4.78, 5) is 11.8. The van der Waals surface area contributed by atoms with E-state index in [-0.39, 0.29) is 11.8 Å². The van der Waals surface area contributed by atoms with Crippen molar-refractivity contribution in [3.05, 3.63) is 22.7 Å². The fourth-order valence-electron chi connectivity index (χ4n) is 2.06. The summed E-state index contributed by atoms with van der Waals surface area (Å²) < 4.78 is 11.0. The van der Waals surface area contributed by atoms with Gasteiger partial charge in [-0.2, -0.15) is 0 Å². The van der Waals surface area contributed by atoms with Gasteiger partial charge in [0, 0.05) is 6.54 Å². The highest BCUT2D eigenvalue weighted by Gasteiger charge is 2.18. The van der Waals surface area contributed by atoms with Gasteiger partial charge in [0.1, 0.15) is 13.2 Å². The minimum absolute atomic E-state index is 0.119. The Morgan fingerprint density at radius 1 is 1.38 bits per heavy atom. The Balaban J connectivity index is 1.92. The molecule has 0 radical (unpaired) electrons. The number of amides is 1. The third-order valence-electron chi connectivity index (χ3n) is 3.39. The fraction of sp³-hybridized carbons (Fsp3) is 0.533. The van der Waals surface area contributed by atoms with Crippen LogP contribution in [-0.4, -0.2) is 31.7 Å². The maximum atomic E-state index is 11.8. The van der Waals surface area contributed by atoms with Crippen molar-refractivity contribution < 1.29 is 14.3 Å². The predicted octanol–water partition coefficient (Wildman–Crippen LogP) is 1.75. The second-order valence-electron chi connectivity index (χ2n) is 5.41. The van der Waals surface area contributed by atoms with Crippen molar-refractivity contribution in [2.24, 2.45) is 11.7 Å². The third kappa shape index (κ3) is 4.02. The molecule has 1 atom stereocenters. The zero-order chi connectivity index (χ0) is 15.4. The van der Waals surface area contributed by atoms with E-state index < -0.39 is 6.04 Å². The van der Waals surface area contributed by atoms with Crippen LogP contribution < -0.4 is 20.5 Å². The van der Waals surface area contributed by atoms with Gasteiger partial charge in [0.25, 0.3) is 0 Å². The molecule has 0 unspecified atom stereocenters. The van der Waals surface area contributed by atoms with Gasteiger partial charge < -0.3 is 20.5 Å². The lowest BCUT2D eigenvalue weighted by Gasteiger charge is -2.20. The van der Waals surface area contributed by atoms with Crippen LogP contribution in [0.15, 0.2) is 12.1 Å². The Labute approximate surface area is 129 Å². The molecule has 2 rings (SSSR count). The van der Waals surface area contributed by atoms with Crippen molar-refractivity contribution in [3.8, 4) is 11.5 Å². The number of carbonyl (C=O) groups excluding carboxylic acids is 1. The molecule has 3 N–H and O–H groups in total. The number of nitrogens with one attached hydrogen (secondary N) is 1. The summed E-state index contributed by atoms with van der Waals surface area (Å²) in [7, 11) is 0. The van der Waals surface area contributed by atoms with E-state index in [1.54, 1.807) is 0 Å². The molecule has 116 valence electrons. The molecular formula is C15H21ClN2O3. The maximum Gasteiger partial charge on any atom is 0.237 e. The fourth-order valence-corrected chi connectivity index (χ4v) is 2.35. The van der Waals surface area contributed by atoms with Gasteiger partial charge in [0.2, 0.25) is 5.91 Å². The first kappa shape index (κ1) is 15.9. The van der Waals surface area contributed by atoms with Crippen LogP contribution in [0.25, 0.3) is 0 Å². The zero-order valence-electron chi connectivity index (χ0n) is 12.3. The molecule has 1 amide bonds. The van der Waals surface area contributed by atoms with Gasteiger partial charge in [-0.15, -0.1) is 0 Å². The van der Waals surface area contributed by atoms with Crippen LogP contribution >= 0.6 is 11.6 Å². The molecule has 1 aromatic carbocycles. The van der Waals surface area contributed by atoms with E-state index in [9.17, 15) is 4.79 Å². The number of nitrogens with two attached hydrogens (primary N) is 1. The summed E-state index contributed by atoms with van der Waals surface area (Å²) in [5, 5.41) is 3.37. The lowest BCUT2D eigenvalue weighted by molar-refractivity contribution is -0.123. The van der Waals surface area contributed by atoms with Crippen LogP contribution in [0.4, 0.5) is 0 Å². The molecule has 0 fully saturated rings. The van der Waals surface area contributed by atoms with Gasteiger partial charge in [0.05, 0.1) is 11.1 Å². The lowest BCUT2D eigenvalue weighted by Crippen LogP contribution is -2.44. The van der Waals surface area contributed by atoms with E-state index >= 15 is 0 Å². The van der Waals surface area contributed by atoms with Crippen molar-refractivity contribution in [1.29, 1.82) is 0 Å². The molecule has 1 aromatic rings. The Morgan fingerprint density at radius 3 is 2.81 bits per heavy atom. The van der Waals surface area contributed by atoms with Crippen molar-refractivity contribution in [1.82, 2.24) is 5.32 Å². The number of hydrogen-bond acceptors (Lipinski definition) is 4. The van der Waals surface area contributed by atoms with Gasteiger partial charge in [-0.3, -0.25) is 4.79 Å². The van der Waals surface area contributed by atoms with E-state index in [4.69, 9.17) is 26.8 Å². The number of halogens is 1. The number of carbonyl (C=O) groups is 1. The van der Waals surface area contributed by atoms with Crippen LogP contribution in [-0.2, 0) is 11.2 Å². The maximum absolute atomic E-state index is 11.8. The number of fused-ring (bicyclic) bond motifs is 1. The normalized spacial score (nSPS) is 14.9. The Morgan fingerprint density at radius 2 is 2.10 bits per heavy atom. The second kappa shape index (κ2) is 7.00. The van der Waals surface area contributed by atoms with Crippen LogP contribution in [0.5, 0.6) is 11.5 Å². The van der Waals surface area contributed by atoms with E-state index in [2.05, 4.69) is 5.32 Å². The lowest BCUT2D eigenvalue weighted by atomic mass is 10.0. The van der Waals surface area contributed by atoms with Crippen molar-refractivity contribution in [2.75, 3.05) is 19.8 Å². The summed E-state index contributed by atoms with van der Waals surface area (Å²) in [5.74, 6) is 1.24. The van der Waals surface area contributed by atoms with Gasteiger partial charge in [-0.05, 0) is 30.0 Å². The Bertz CT molecular complexity index is 520. The van der Waals surface area contributed by atoms with Gasteiger partial charge in [0.15, 0.2) is 11.5 Å². The summed E-state index contributed by atoms with van der Waals surface area (Å²) in [6.07, 6.45) is 0.660. The summed E-state index contributed by atoms with van der Waals surface area (Å²) in [5.41, 5.74) is 6.77. The number of benzene rings is 1. The topological polar surface area (TPSA) is 73.6 Å². The van der Waals surface area contributed by atoms with E-state index in [1.807, 2.05) is 26.0 Å². The minimum Gasteiger partial charge on any atom is -0.486 e. The highest BCUT2D eigenvalue weighted by atomic mass is 35.5. The van der Waals surface area contributed by atoms with E-state index in [0.29, 0.717) is 42.7 Å². The van der Waals surface area contributed by atoms with Crippen LogP contribution in [0, 0.1) is 5.92 Å². The molecule has 21 heavy (non-hydrogen) atoms. The third-order valence-corrected chi connectivity index (χ3v) is 3.67. The molecule has 0 spiro atoms. The molecule has 0 saturated carbocycles. The van der Waals surface area contributed by atoms with Crippen molar-refractivity contribution in [3.63, 3.8) is 0 Å². The van der Waals surface area contributed by atoms with Crippen LogP contribution in [0.1, 0.15) is 19.4 Å². The Kier molecular flexibility index (Phi) is 5.31. The molecule has 0 bridgehead atoms. The van der Waals surface area contributed by atoms with E-state index in [0.717, 1.165) is 5.56 Å². The first-order valence-electron chi connectivity index (χ1n) is 7.10. The quantitative estimate of drug-likeness (QED) is 0.869. The summed E-state index contributed by atoms with van der Waals surface area (Å²) >= 11 is 6.17. The molecule has 5 nitrogen and oxygen atoms in total. The standard InChI is InChI=1S/C15H21ClN2O3/c1-9(2)13(17)15(19)18-4-3-10-7-11(16)14-12(8-10)20-5-6-21-14/h7-9,13H,3-6,17H2,1-2H3,(H,18,19)/t13-/m0/s1. The molecule has 6 heteroatoms. The first-order valence-corrected chi connectivity index (χ1v) is 7.48. The molecule has 0 saturated heterocycles. The van der Waals surface area contributed by atoms with Crippen molar-refractivity contribution >= 4 is 17.5 Å². The molecule has 1 heterocycles. The molecule has 1 aliphatic rings. The minimum atomic E-state index is -0.478. The van der Waals surface area contributed by atoms with E-state index in [1.165, 1.54) is 0 Å². The van der Waals surface area contributed by atoms with Crippen molar-refractivity contribution in [2.45, 2.75) is 26.3 Å². The second-order valence-corrected chi connectivity index (χ2v) is 5.82. The van der Waals surface area contributed by atoms with Crippen LogP contribution in [0.2, 0.25) is 5.02 Å². The SMILES string of the molecule is CC(C)[C@H](N)C(=O)NCCc1cc(Cl)c2c(c1)OCCO2. The summed E-state index contributed by atoms with van der Waals surface area (Å²) in [6.45, 7) is 5.38. The monoisotopic (exact) mass is 312 g/mol. The Hall–Kier alpha value is -1.46. The number of rotatable bonds is 5. The number of hydrogen-bond donors (Lipinski definition) is 2. The van der Waals surface area contributed by atoms with Gasteiger partial charge >= 0.3 is 0 Å². The molecule has 0 aliphatic carbocycles. The zero-order valence-corrected chi connectivity index (χ0v) is 13.1. The molecule has 1 aliphatic heterocycles. The van der Waals surface area contributed by atoms with Gasteiger partial charge in [-0.1, -0.05) is 25.4 Å². The molecular weight excluding hydrogens is 292 g/mol. The smallest absolute Gasteiger partial charge is 0.237 e.